The fourth-order valence-corrected chi connectivity index (χ4v) is 2.45. The van der Waals surface area contributed by atoms with Crippen LogP contribution in [0.4, 0.5) is 0 Å². The van der Waals surface area contributed by atoms with Crippen molar-refractivity contribution in [2.24, 2.45) is 0 Å². The van der Waals surface area contributed by atoms with Crippen molar-refractivity contribution >= 4 is 11.3 Å². The van der Waals surface area contributed by atoms with E-state index >= 15 is 0 Å². The third-order valence-corrected chi connectivity index (χ3v) is 3.23. The summed E-state index contributed by atoms with van der Waals surface area (Å²) in [7, 11) is 1.68. The van der Waals surface area contributed by atoms with E-state index in [-0.39, 0.29) is 0 Å². The molecule has 0 amide bonds. The molecule has 15 heavy (non-hydrogen) atoms. The van der Waals surface area contributed by atoms with Gasteiger partial charge in [-0.25, -0.2) is 4.98 Å². The zero-order valence-corrected chi connectivity index (χ0v) is 9.54. The Labute approximate surface area is 92.8 Å². The molecule has 0 saturated carbocycles. The molecule has 2 rings (SSSR count). The predicted molar refractivity (Wildman–Crippen MR) is 60.8 cm³/mol. The summed E-state index contributed by atoms with van der Waals surface area (Å²) in [6, 6.07) is 3.99. The lowest BCUT2D eigenvalue weighted by molar-refractivity contribution is 0.184. The first-order valence-corrected chi connectivity index (χ1v) is 5.48. The second-order valence-electron chi connectivity index (χ2n) is 3.19. The molecule has 2 aromatic rings. The molecular formula is C11H12N2OS. The van der Waals surface area contributed by atoms with Crippen molar-refractivity contribution in [3.05, 3.63) is 35.2 Å². The Morgan fingerprint density at radius 1 is 1.33 bits per heavy atom. The largest absolute Gasteiger partial charge is 0.378 e. The average Bonchev–Trinajstić information content (AvgIpc) is 2.61. The fraction of sp³-hybridized carbons (Fsp3) is 0.273. The minimum Gasteiger partial charge on any atom is -0.378 e. The van der Waals surface area contributed by atoms with Crippen LogP contribution in [0.2, 0.25) is 0 Å². The van der Waals surface area contributed by atoms with Crippen LogP contribution in [0.25, 0.3) is 10.4 Å². The number of pyridine rings is 1. The van der Waals surface area contributed by atoms with E-state index in [1.165, 1.54) is 10.4 Å². The number of rotatable bonds is 3. The van der Waals surface area contributed by atoms with Crippen molar-refractivity contribution < 1.29 is 4.74 Å². The quantitative estimate of drug-likeness (QED) is 0.797. The van der Waals surface area contributed by atoms with E-state index in [2.05, 4.69) is 9.97 Å². The molecule has 0 spiro atoms. The smallest absolute Gasteiger partial charge is 0.119 e. The summed E-state index contributed by atoms with van der Waals surface area (Å²) in [6.45, 7) is 2.60. The molecule has 0 atom stereocenters. The zero-order valence-electron chi connectivity index (χ0n) is 8.73. The van der Waals surface area contributed by atoms with Gasteiger partial charge < -0.3 is 4.74 Å². The van der Waals surface area contributed by atoms with Gasteiger partial charge in [-0.1, -0.05) is 0 Å². The number of aryl methyl sites for hydroxylation is 1. The molecular weight excluding hydrogens is 208 g/mol. The second-order valence-corrected chi connectivity index (χ2v) is 4.27. The SMILES string of the molecule is COCc1nc(C)c(-c2ccncc2)s1. The molecule has 0 aliphatic heterocycles. The minimum atomic E-state index is 0.580. The monoisotopic (exact) mass is 220 g/mol. The number of aromatic nitrogens is 2. The van der Waals surface area contributed by atoms with Crippen LogP contribution in [0.15, 0.2) is 24.5 Å². The van der Waals surface area contributed by atoms with Gasteiger partial charge in [0.2, 0.25) is 0 Å². The predicted octanol–water partition coefficient (Wildman–Crippen LogP) is 2.66. The number of ether oxygens (including phenoxy) is 1. The topological polar surface area (TPSA) is 35.0 Å². The van der Waals surface area contributed by atoms with Gasteiger partial charge in [0, 0.05) is 19.5 Å². The maximum absolute atomic E-state index is 5.07. The van der Waals surface area contributed by atoms with Crippen LogP contribution in [-0.2, 0) is 11.3 Å². The Hall–Kier alpha value is -1.26. The van der Waals surface area contributed by atoms with Gasteiger partial charge in [-0.2, -0.15) is 0 Å². The number of methoxy groups -OCH3 is 1. The summed E-state index contributed by atoms with van der Waals surface area (Å²) in [5.74, 6) is 0. The first-order chi connectivity index (χ1) is 7.31. The molecule has 0 N–H and O–H groups in total. The second kappa shape index (κ2) is 4.51. The Kier molecular flexibility index (Phi) is 3.08. The highest BCUT2D eigenvalue weighted by Gasteiger charge is 2.08. The Balaban J connectivity index is 2.36. The van der Waals surface area contributed by atoms with Crippen LogP contribution in [0.1, 0.15) is 10.7 Å². The summed E-state index contributed by atoms with van der Waals surface area (Å²) in [6.07, 6.45) is 3.59. The van der Waals surface area contributed by atoms with E-state index < -0.39 is 0 Å². The number of hydrogen-bond acceptors (Lipinski definition) is 4. The summed E-state index contributed by atoms with van der Waals surface area (Å²) in [4.78, 5) is 9.65. The third kappa shape index (κ3) is 2.22. The molecule has 3 nitrogen and oxygen atoms in total. The maximum atomic E-state index is 5.07. The van der Waals surface area contributed by atoms with Crippen molar-refractivity contribution in [3.63, 3.8) is 0 Å². The zero-order chi connectivity index (χ0) is 10.7. The van der Waals surface area contributed by atoms with Crippen molar-refractivity contribution in [2.75, 3.05) is 7.11 Å². The van der Waals surface area contributed by atoms with Gasteiger partial charge >= 0.3 is 0 Å². The third-order valence-electron chi connectivity index (χ3n) is 2.05. The van der Waals surface area contributed by atoms with E-state index in [0.29, 0.717) is 6.61 Å². The van der Waals surface area contributed by atoms with E-state index in [9.17, 15) is 0 Å². The Morgan fingerprint density at radius 3 is 2.73 bits per heavy atom. The molecule has 0 aliphatic rings. The molecule has 0 aromatic carbocycles. The van der Waals surface area contributed by atoms with Gasteiger partial charge in [0.25, 0.3) is 0 Å². The van der Waals surface area contributed by atoms with Gasteiger partial charge in [-0.05, 0) is 24.6 Å². The van der Waals surface area contributed by atoms with E-state index in [1.54, 1.807) is 30.8 Å². The molecule has 0 radical (unpaired) electrons. The minimum absolute atomic E-state index is 0.580. The number of nitrogens with zero attached hydrogens (tertiary/aromatic N) is 2. The van der Waals surface area contributed by atoms with Crippen LogP contribution in [0.3, 0.4) is 0 Å². The average molecular weight is 220 g/mol. The molecule has 0 fully saturated rings. The molecule has 2 heterocycles. The normalized spacial score (nSPS) is 10.5. The van der Waals surface area contributed by atoms with Crippen LogP contribution in [0.5, 0.6) is 0 Å². The first kappa shape index (κ1) is 10.3. The van der Waals surface area contributed by atoms with Crippen LogP contribution in [0, 0.1) is 6.92 Å². The highest BCUT2D eigenvalue weighted by atomic mass is 32.1. The highest BCUT2D eigenvalue weighted by Crippen LogP contribution is 2.29. The van der Waals surface area contributed by atoms with E-state index in [1.807, 2.05) is 19.1 Å². The molecule has 0 bridgehead atoms. The maximum Gasteiger partial charge on any atom is 0.119 e. The summed E-state index contributed by atoms with van der Waals surface area (Å²) in [5, 5.41) is 1.02. The Bertz CT molecular complexity index is 439. The molecule has 4 heteroatoms. The standard InChI is InChI=1S/C11H12N2OS/c1-8-11(9-3-5-12-6-4-9)15-10(13-8)7-14-2/h3-6H,7H2,1-2H3. The fourth-order valence-electron chi connectivity index (χ4n) is 1.41. The summed E-state index contributed by atoms with van der Waals surface area (Å²) in [5.41, 5.74) is 2.22. The van der Waals surface area contributed by atoms with Gasteiger partial charge in [0.15, 0.2) is 0 Å². The van der Waals surface area contributed by atoms with Gasteiger partial charge in [-0.15, -0.1) is 11.3 Å². The molecule has 0 aliphatic carbocycles. The highest BCUT2D eigenvalue weighted by molar-refractivity contribution is 7.15. The van der Waals surface area contributed by atoms with E-state index in [4.69, 9.17) is 4.74 Å². The lowest BCUT2D eigenvalue weighted by Gasteiger charge is -1.95. The van der Waals surface area contributed by atoms with Crippen molar-refractivity contribution in [1.82, 2.24) is 9.97 Å². The molecule has 78 valence electrons. The van der Waals surface area contributed by atoms with Crippen LogP contribution in [-0.4, -0.2) is 17.1 Å². The van der Waals surface area contributed by atoms with Crippen molar-refractivity contribution in [2.45, 2.75) is 13.5 Å². The van der Waals surface area contributed by atoms with Crippen LogP contribution >= 0.6 is 11.3 Å². The van der Waals surface area contributed by atoms with Gasteiger partial charge in [-0.3, -0.25) is 4.98 Å². The molecule has 2 aromatic heterocycles. The molecule has 0 unspecified atom stereocenters. The lowest BCUT2D eigenvalue weighted by atomic mass is 10.2. The van der Waals surface area contributed by atoms with E-state index in [0.717, 1.165) is 10.7 Å². The van der Waals surface area contributed by atoms with Gasteiger partial charge in [0.1, 0.15) is 5.01 Å². The van der Waals surface area contributed by atoms with Crippen molar-refractivity contribution in [1.29, 1.82) is 0 Å². The Morgan fingerprint density at radius 2 is 2.07 bits per heavy atom. The van der Waals surface area contributed by atoms with Crippen LogP contribution < -0.4 is 0 Å². The lowest BCUT2D eigenvalue weighted by Crippen LogP contribution is -1.84. The first-order valence-electron chi connectivity index (χ1n) is 4.67. The van der Waals surface area contributed by atoms with Crippen molar-refractivity contribution in [3.8, 4) is 10.4 Å². The number of hydrogen-bond donors (Lipinski definition) is 0. The molecule has 0 saturated heterocycles. The summed E-state index contributed by atoms with van der Waals surface area (Å²) < 4.78 is 5.07. The summed E-state index contributed by atoms with van der Waals surface area (Å²) >= 11 is 1.67. The van der Waals surface area contributed by atoms with Gasteiger partial charge in [0.05, 0.1) is 17.2 Å². The number of thiazole rings is 1.